The highest BCUT2D eigenvalue weighted by Gasteiger charge is 2.27. The number of para-hydroxylation sites is 3. The van der Waals surface area contributed by atoms with Crippen LogP contribution >= 0.6 is 0 Å². The molecule has 66 heavy (non-hydrogen) atoms. The molecule has 0 saturated heterocycles. The Kier molecular flexibility index (Phi) is 13.9. The first-order chi connectivity index (χ1) is 32.2. The summed E-state index contributed by atoms with van der Waals surface area (Å²) in [5, 5.41) is 2.48. The van der Waals surface area contributed by atoms with Crippen LogP contribution < -0.4 is 9.80 Å². The number of rotatable bonds is 13. The van der Waals surface area contributed by atoms with Crippen LogP contribution in [0.5, 0.6) is 0 Å². The average molecular weight is 857 g/mol. The molecule has 0 fully saturated rings. The van der Waals surface area contributed by atoms with Crippen molar-refractivity contribution in [1.82, 2.24) is 0 Å². The second kappa shape index (κ2) is 20.4. The van der Waals surface area contributed by atoms with Gasteiger partial charge in [0.1, 0.15) is 0 Å². The van der Waals surface area contributed by atoms with E-state index in [1.807, 2.05) is 13.0 Å². The Bertz CT molecular complexity index is 3020. The Labute approximate surface area is 393 Å². The van der Waals surface area contributed by atoms with Gasteiger partial charge in [0.25, 0.3) is 0 Å². The van der Waals surface area contributed by atoms with Crippen molar-refractivity contribution < 1.29 is 0 Å². The van der Waals surface area contributed by atoms with Crippen LogP contribution in [0.4, 0.5) is 22.7 Å². The topological polar surface area (TPSA) is 6.48 Å². The number of fused-ring (bicyclic) bond motifs is 1. The maximum atomic E-state index is 4.31. The summed E-state index contributed by atoms with van der Waals surface area (Å²) < 4.78 is 0. The van der Waals surface area contributed by atoms with Crippen molar-refractivity contribution in [3.63, 3.8) is 0 Å². The minimum absolute atomic E-state index is 0.110. The molecule has 1 aliphatic rings. The highest BCUT2D eigenvalue weighted by atomic mass is 15.2. The van der Waals surface area contributed by atoms with Crippen molar-refractivity contribution in [2.75, 3.05) is 9.80 Å². The predicted molar refractivity (Wildman–Crippen MR) is 287 cm³/mol. The lowest BCUT2D eigenvalue weighted by atomic mass is 9.76. The molecular formula is C64H60N2. The molecule has 7 aromatic carbocycles. The molecule has 2 heteroatoms. The van der Waals surface area contributed by atoms with Crippen molar-refractivity contribution in [2.45, 2.75) is 41.0 Å². The minimum Gasteiger partial charge on any atom is -0.314 e. The van der Waals surface area contributed by atoms with Crippen LogP contribution in [-0.2, 0) is 0 Å². The summed E-state index contributed by atoms with van der Waals surface area (Å²) in [5.74, 6) is 0.227. The molecule has 1 atom stereocenters. The van der Waals surface area contributed by atoms with Gasteiger partial charge in [0.05, 0.1) is 11.4 Å². The van der Waals surface area contributed by atoms with Crippen molar-refractivity contribution in [3.8, 4) is 33.4 Å². The zero-order valence-electron chi connectivity index (χ0n) is 39.0. The summed E-state index contributed by atoms with van der Waals surface area (Å²) >= 11 is 0. The number of benzene rings is 7. The Morgan fingerprint density at radius 3 is 1.80 bits per heavy atom. The van der Waals surface area contributed by atoms with Crippen molar-refractivity contribution >= 4 is 33.5 Å². The molecule has 0 spiro atoms. The van der Waals surface area contributed by atoms with E-state index in [-0.39, 0.29) is 11.3 Å². The molecule has 0 radical (unpaired) electrons. The first kappa shape index (κ1) is 44.9. The van der Waals surface area contributed by atoms with Gasteiger partial charge < -0.3 is 9.80 Å². The van der Waals surface area contributed by atoms with Gasteiger partial charge in [-0.05, 0) is 130 Å². The molecule has 0 amide bonds. The maximum absolute atomic E-state index is 4.31. The molecule has 326 valence electrons. The van der Waals surface area contributed by atoms with E-state index < -0.39 is 0 Å². The Hall–Kier alpha value is -7.68. The SMILES string of the molecule is C=C/C1=C(\C=C(/C)N(c2ccccc2)c2ccccc2-c2ccc(-c3ccccc3N(/C(C=C)=C/C=C\C)c3ccc(-c4cccc5ccccc45)cc3)cc2)C(C)(C)C/C=C\C=C/C1C. The fraction of sp³-hybridized carbons (Fsp3) is 0.125. The Morgan fingerprint density at radius 1 is 0.606 bits per heavy atom. The molecule has 0 N–H and O–H groups in total. The molecule has 0 saturated carbocycles. The summed E-state index contributed by atoms with van der Waals surface area (Å²) in [6, 6.07) is 61.2. The van der Waals surface area contributed by atoms with Crippen LogP contribution in [0.1, 0.15) is 41.0 Å². The lowest BCUT2D eigenvalue weighted by Gasteiger charge is -2.32. The fourth-order valence-electron chi connectivity index (χ4n) is 9.26. The second-order valence-corrected chi connectivity index (χ2v) is 17.6. The molecule has 0 heterocycles. The van der Waals surface area contributed by atoms with Gasteiger partial charge in [0.15, 0.2) is 0 Å². The van der Waals surface area contributed by atoms with E-state index in [1.54, 1.807) is 0 Å². The van der Waals surface area contributed by atoms with E-state index in [0.717, 1.165) is 62.8 Å². The summed E-state index contributed by atoms with van der Waals surface area (Å²) in [6.07, 6.45) is 22.5. The van der Waals surface area contributed by atoms with Gasteiger partial charge in [-0.2, -0.15) is 0 Å². The number of hydrogen-bond acceptors (Lipinski definition) is 2. The Morgan fingerprint density at radius 2 is 1.15 bits per heavy atom. The number of anilines is 4. The summed E-state index contributed by atoms with van der Waals surface area (Å²) in [5.41, 5.74) is 15.8. The average Bonchev–Trinajstić information content (AvgIpc) is 3.40. The Balaban J connectivity index is 1.20. The predicted octanol–water partition coefficient (Wildman–Crippen LogP) is 18.3. The third-order valence-electron chi connectivity index (χ3n) is 12.7. The van der Waals surface area contributed by atoms with Gasteiger partial charge >= 0.3 is 0 Å². The van der Waals surface area contributed by atoms with Crippen LogP contribution in [-0.4, -0.2) is 0 Å². The summed E-state index contributed by atoms with van der Waals surface area (Å²) in [7, 11) is 0. The highest BCUT2D eigenvalue weighted by molar-refractivity contribution is 5.97. The van der Waals surface area contributed by atoms with E-state index in [0.29, 0.717) is 0 Å². The van der Waals surface area contributed by atoms with E-state index in [9.17, 15) is 0 Å². The normalized spacial score (nSPS) is 17.4. The van der Waals surface area contributed by atoms with Crippen molar-refractivity contribution in [3.05, 3.63) is 266 Å². The molecule has 0 bridgehead atoms. The maximum Gasteiger partial charge on any atom is 0.0540 e. The van der Waals surface area contributed by atoms with Gasteiger partial charge in [-0.15, -0.1) is 0 Å². The molecule has 8 rings (SSSR count). The van der Waals surface area contributed by atoms with Crippen molar-refractivity contribution in [1.29, 1.82) is 0 Å². The molecule has 7 aromatic rings. The van der Waals surface area contributed by atoms with Gasteiger partial charge in [-0.1, -0.05) is 210 Å². The van der Waals surface area contributed by atoms with Crippen LogP contribution in [0.3, 0.4) is 0 Å². The largest absolute Gasteiger partial charge is 0.314 e. The van der Waals surface area contributed by atoms with E-state index in [2.05, 4.69) is 275 Å². The molecule has 1 aliphatic carbocycles. The third-order valence-corrected chi connectivity index (χ3v) is 12.7. The first-order valence-electron chi connectivity index (χ1n) is 23.1. The van der Waals surface area contributed by atoms with Crippen molar-refractivity contribution in [2.24, 2.45) is 11.3 Å². The molecule has 0 aromatic heterocycles. The number of hydrogen-bond donors (Lipinski definition) is 0. The monoisotopic (exact) mass is 856 g/mol. The number of allylic oxidation sites excluding steroid dienone is 13. The van der Waals surface area contributed by atoms with Gasteiger partial charge in [0, 0.05) is 33.9 Å². The minimum atomic E-state index is -0.110. The van der Waals surface area contributed by atoms with Crippen LogP contribution in [0.25, 0.3) is 44.2 Å². The van der Waals surface area contributed by atoms with E-state index >= 15 is 0 Å². The fourth-order valence-corrected chi connectivity index (χ4v) is 9.26. The van der Waals surface area contributed by atoms with Crippen LogP contribution in [0, 0.1) is 11.3 Å². The first-order valence-corrected chi connectivity index (χ1v) is 23.1. The molecular weight excluding hydrogens is 797 g/mol. The summed E-state index contributed by atoms with van der Waals surface area (Å²) in [6.45, 7) is 19.8. The van der Waals surface area contributed by atoms with Gasteiger partial charge in [-0.25, -0.2) is 0 Å². The van der Waals surface area contributed by atoms with Gasteiger partial charge in [0.2, 0.25) is 0 Å². The number of nitrogens with zero attached hydrogens (tertiary/aromatic N) is 2. The van der Waals surface area contributed by atoms with E-state index in [1.165, 1.54) is 33.0 Å². The zero-order valence-corrected chi connectivity index (χ0v) is 39.0. The third kappa shape index (κ3) is 9.55. The van der Waals surface area contributed by atoms with Crippen LogP contribution in [0.15, 0.2) is 266 Å². The van der Waals surface area contributed by atoms with E-state index in [4.69, 9.17) is 0 Å². The van der Waals surface area contributed by atoms with Crippen LogP contribution in [0.2, 0.25) is 0 Å². The molecule has 1 unspecified atom stereocenters. The lowest BCUT2D eigenvalue weighted by molar-refractivity contribution is 0.458. The smallest absolute Gasteiger partial charge is 0.0540 e. The molecule has 2 nitrogen and oxygen atoms in total. The highest BCUT2D eigenvalue weighted by Crippen LogP contribution is 2.44. The quantitative estimate of drug-likeness (QED) is 0.107. The second-order valence-electron chi connectivity index (χ2n) is 17.6. The zero-order chi connectivity index (χ0) is 46.0. The standard InChI is InChI=1S/C64H60N2/c1-8-11-28-53(9-2)66(55-43-41-50(42-44-55)58-34-24-27-49-26-17-18-31-57(49)58)63-36-22-20-33-60(63)52-39-37-51(38-40-52)59-32-19-21-35-62(59)65(54-29-15-12-16-30-54)48(5)46-61-56(10-3)47(4)25-14-13-23-45-64(61,6)7/h8-44,46-47H,2-3,45H2,1,4-7H3/b11-8-,23-13-,25-14-,48-46+,53-28+,61-56-. The molecule has 0 aliphatic heterocycles. The van der Waals surface area contributed by atoms with Gasteiger partial charge in [-0.3, -0.25) is 0 Å². The lowest BCUT2D eigenvalue weighted by Crippen LogP contribution is -2.20. The summed E-state index contributed by atoms with van der Waals surface area (Å²) in [4.78, 5) is 4.72.